The van der Waals surface area contributed by atoms with E-state index >= 15 is 0 Å². The minimum atomic E-state index is -0.322. The number of hydrogen-bond acceptors (Lipinski definition) is 4. The number of carbonyl (C=O) groups is 1. The standard InChI is InChI=1S/C26H28N4O3/c1-32-20-13-11-18(12-14-20)17-23(25-28-21-8-4-5-9-22(21)29-25)30-26(31)27-16-15-19-7-3-6-10-24(19)33-2/h3-14,23H,15-17H2,1-2H3,(H,28,29)(H2,27,30,31). The molecule has 0 bridgehead atoms. The van der Waals surface area contributed by atoms with Gasteiger partial charge in [0.1, 0.15) is 17.3 Å². The van der Waals surface area contributed by atoms with Crippen molar-refractivity contribution in [3.8, 4) is 11.5 Å². The lowest BCUT2D eigenvalue weighted by Gasteiger charge is -2.18. The van der Waals surface area contributed by atoms with E-state index in [2.05, 4.69) is 15.6 Å². The molecule has 0 saturated heterocycles. The van der Waals surface area contributed by atoms with Gasteiger partial charge in [0.15, 0.2) is 0 Å². The third kappa shape index (κ3) is 5.63. The molecule has 4 rings (SSSR count). The molecule has 2 amide bonds. The van der Waals surface area contributed by atoms with Crippen molar-refractivity contribution in [1.29, 1.82) is 0 Å². The minimum Gasteiger partial charge on any atom is -0.497 e. The van der Waals surface area contributed by atoms with E-state index in [9.17, 15) is 4.79 Å². The number of carbonyl (C=O) groups excluding carboxylic acids is 1. The molecule has 7 heteroatoms. The van der Waals surface area contributed by atoms with Gasteiger partial charge in [-0.15, -0.1) is 0 Å². The van der Waals surface area contributed by atoms with E-state index in [1.807, 2.05) is 72.8 Å². The minimum absolute atomic E-state index is 0.246. The Balaban J connectivity index is 1.45. The van der Waals surface area contributed by atoms with E-state index in [-0.39, 0.29) is 12.1 Å². The molecule has 170 valence electrons. The molecule has 0 aliphatic heterocycles. The highest BCUT2D eigenvalue weighted by molar-refractivity contribution is 5.76. The number of aromatic nitrogens is 2. The Kier molecular flexibility index (Phi) is 7.09. The number of methoxy groups -OCH3 is 2. The first-order chi connectivity index (χ1) is 16.2. The molecule has 33 heavy (non-hydrogen) atoms. The Labute approximate surface area is 193 Å². The van der Waals surface area contributed by atoms with Gasteiger partial charge < -0.3 is 25.1 Å². The summed E-state index contributed by atoms with van der Waals surface area (Å²) in [5.74, 6) is 2.33. The summed E-state index contributed by atoms with van der Waals surface area (Å²) < 4.78 is 10.6. The van der Waals surface area contributed by atoms with Crippen LogP contribution in [0.15, 0.2) is 72.8 Å². The Morgan fingerprint density at radius 2 is 1.73 bits per heavy atom. The van der Waals surface area contributed by atoms with Crippen molar-refractivity contribution in [3.63, 3.8) is 0 Å². The van der Waals surface area contributed by atoms with Crippen LogP contribution in [0, 0.1) is 0 Å². The summed E-state index contributed by atoms with van der Waals surface area (Å²) in [4.78, 5) is 20.8. The largest absolute Gasteiger partial charge is 0.497 e. The third-order valence-corrected chi connectivity index (χ3v) is 5.51. The molecular weight excluding hydrogens is 416 g/mol. The van der Waals surface area contributed by atoms with Crippen LogP contribution in [0.1, 0.15) is 23.0 Å². The fraction of sp³-hybridized carbons (Fsp3) is 0.231. The van der Waals surface area contributed by atoms with Gasteiger partial charge in [0.2, 0.25) is 0 Å². The number of para-hydroxylation sites is 3. The number of rotatable bonds is 9. The van der Waals surface area contributed by atoms with Crippen LogP contribution < -0.4 is 20.1 Å². The number of hydrogen-bond donors (Lipinski definition) is 3. The van der Waals surface area contributed by atoms with Crippen molar-refractivity contribution < 1.29 is 14.3 Å². The molecule has 1 atom stereocenters. The fourth-order valence-corrected chi connectivity index (χ4v) is 3.78. The average molecular weight is 445 g/mol. The highest BCUT2D eigenvalue weighted by Crippen LogP contribution is 2.21. The number of fused-ring (bicyclic) bond motifs is 1. The van der Waals surface area contributed by atoms with Gasteiger partial charge in [-0.2, -0.15) is 0 Å². The summed E-state index contributed by atoms with van der Waals surface area (Å²) in [5.41, 5.74) is 3.92. The van der Waals surface area contributed by atoms with Gasteiger partial charge in [0.25, 0.3) is 0 Å². The summed E-state index contributed by atoms with van der Waals surface area (Å²) >= 11 is 0. The SMILES string of the molecule is COc1ccc(CC(NC(=O)NCCc2ccccc2OC)c2nc3ccccc3[nH]2)cc1. The number of nitrogens with one attached hydrogen (secondary N) is 3. The van der Waals surface area contributed by atoms with Crippen LogP contribution in [0.5, 0.6) is 11.5 Å². The first-order valence-corrected chi connectivity index (χ1v) is 10.9. The summed E-state index contributed by atoms with van der Waals surface area (Å²) in [7, 11) is 3.29. The zero-order valence-corrected chi connectivity index (χ0v) is 18.8. The molecule has 1 aromatic heterocycles. The molecule has 0 aliphatic carbocycles. The smallest absolute Gasteiger partial charge is 0.315 e. The zero-order valence-electron chi connectivity index (χ0n) is 18.8. The molecule has 3 N–H and O–H groups in total. The number of benzene rings is 3. The second kappa shape index (κ2) is 10.5. The van der Waals surface area contributed by atoms with E-state index in [1.165, 1.54) is 0 Å². The highest BCUT2D eigenvalue weighted by Gasteiger charge is 2.19. The maximum atomic E-state index is 12.8. The van der Waals surface area contributed by atoms with Crippen LogP contribution in [0.3, 0.4) is 0 Å². The predicted molar refractivity (Wildman–Crippen MR) is 129 cm³/mol. The first kappa shape index (κ1) is 22.2. The molecule has 4 aromatic rings. The molecule has 3 aromatic carbocycles. The molecule has 0 fully saturated rings. The monoisotopic (exact) mass is 444 g/mol. The molecule has 0 saturated carbocycles. The highest BCUT2D eigenvalue weighted by atomic mass is 16.5. The zero-order chi connectivity index (χ0) is 23.0. The predicted octanol–water partition coefficient (Wildman–Crippen LogP) is 4.41. The quantitative estimate of drug-likeness (QED) is 0.357. The first-order valence-electron chi connectivity index (χ1n) is 10.9. The second-order valence-electron chi connectivity index (χ2n) is 7.71. The second-order valence-corrected chi connectivity index (χ2v) is 7.71. The molecular formula is C26H28N4O3. The molecule has 1 heterocycles. The van der Waals surface area contributed by atoms with Crippen molar-refractivity contribution in [2.24, 2.45) is 0 Å². The van der Waals surface area contributed by atoms with Gasteiger partial charge >= 0.3 is 6.03 Å². The summed E-state index contributed by atoms with van der Waals surface area (Å²) in [6, 6.07) is 22.9. The number of aromatic amines is 1. The third-order valence-electron chi connectivity index (χ3n) is 5.51. The Hall–Kier alpha value is -4.00. The van der Waals surface area contributed by atoms with Crippen LogP contribution in [-0.4, -0.2) is 36.8 Å². The summed E-state index contributed by atoms with van der Waals surface area (Å²) in [6.45, 7) is 0.488. The molecule has 1 unspecified atom stereocenters. The lowest BCUT2D eigenvalue weighted by atomic mass is 10.1. The van der Waals surface area contributed by atoms with Crippen molar-refractivity contribution in [2.45, 2.75) is 18.9 Å². The maximum Gasteiger partial charge on any atom is 0.315 e. The Morgan fingerprint density at radius 3 is 2.48 bits per heavy atom. The van der Waals surface area contributed by atoms with Crippen molar-refractivity contribution in [1.82, 2.24) is 20.6 Å². The van der Waals surface area contributed by atoms with E-state index in [0.29, 0.717) is 25.2 Å². The van der Waals surface area contributed by atoms with Crippen molar-refractivity contribution in [2.75, 3.05) is 20.8 Å². The number of amides is 2. The summed E-state index contributed by atoms with van der Waals surface area (Å²) in [5, 5.41) is 6.03. The van der Waals surface area contributed by atoms with E-state index in [0.717, 1.165) is 33.7 Å². The van der Waals surface area contributed by atoms with Crippen molar-refractivity contribution >= 4 is 17.1 Å². The molecule has 7 nitrogen and oxygen atoms in total. The van der Waals surface area contributed by atoms with Gasteiger partial charge in [0.05, 0.1) is 31.3 Å². The number of nitrogens with zero attached hydrogens (tertiary/aromatic N) is 1. The van der Waals surface area contributed by atoms with Gasteiger partial charge in [0, 0.05) is 6.54 Å². The van der Waals surface area contributed by atoms with Crippen LogP contribution in [0.25, 0.3) is 11.0 Å². The van der Waals surface area contributed by atoms with E-state index in [1.54, 1.807) is 14.2 Å². The number of urea groups is 1. The van der Waals surface area contributed by atoms with Gasteiger partial charge in [-0.1, -0.05) is 42.5 Å². The van der Waals surface area contributed by atoms with Crippen LogP contribution in [0.2, 0.25) is 0 Å². The molecule has 0 spiro atoms. The Bertz CT molecular complexity index is 1170. The number of imidazole rings is 1. The van der Waals surface area contributed by atoms with E-state index in [4.69, 9.17) is 14.5 Å². The topological polar surface area (TPSA) is 88.3 Å². The Morgan fingerprint density at radius 1 is 0.970 bits per heavy atom. The lowest BCUT2D eigenvalue weighted by Crippen LogP contribution is -2.40. The summed E-state index contributed by atoms with van der Waals surface area (Å²) in [6.07, 6.45) is 1.26. The average Bonchev–Trinajstić information content (AvgIpc) is 3.29. The lowest BCUT2D eigenvalue weighted by molar-refractivity contribution is 0.236. The van der Waals surface area contributed by atoms with Crippen LogP contribution in [0.4, 0.5) is 4.79 Å². The van der Waals surface area contributed by atoms with Gasteiger partial charge in [-0.25, -0.2) is 9.78 Å². The van der Waals surface area contributed by atoms with E-state index < -0.39 is 0 Å². The molecule has 0 radical (unpaired) electrons. The normalized spacial score (nSPS) is 11.7. The van der Waals surface area contributed by atoms with Gasteiger partial charge in [-0.3, -0.25) is 0 Å². The van der Waals surface area contributed by atoms with Gasteiger partial charge in [-0.05, 0) is 54.3 Å². The number of H-pyrrole nitrogens is 1. The van der Waals surface area contributed by atoms with Crippen LogP contribution >= 0.6 is 0 Å². The van der Waals surface area contributed by atoms with Crippen molar-refractivity contribution in [3.05, 3.63) is 89.7 Å². The number of ether oxygens (including phenoxy) is 2. The maximum absolute atomic E-state index is 12.8. The molecule has 0 aliphatic rings. The van der Waals surface area contributed by atoms with Crippen LogP contribution in [-0.2, 0) is 12.8 Å². The fourth-order valence-electron chi connectivity index (χ4n) is 3.78.